The zero-order chi connectivity index (χ0) is 18.9. The van der Waals surface area contributed by atoms with E-state index in [0.717, 1.165) is 33.8 Å². The zero-order valence-electron chi connectivity index (χ0n) is 14.8. The van der Waals surface area contributed by atoms with Gasteiger partial charge in [-0.05, 0) is 37.1 Å². The van der Waals surface area contributed by atoms with Crippen LogP contribution in [0.1, 0.15) is 25.5 Å². The van der Waals surface area contributed by atoms with E-state index >= 15 is 0 Å². The molecule has 0 spiro atoms. The zero-order valence-corrected chi connectivity index (χ0v) is 15.7. The van der Waals surface area contributed by atoms with E-state index in [1.807, 2.05) is 36.4 Å². The molecule has 26 heavy (non-hydrogen) atoms. The van der Waals surface area contributed by atoms with Gasteiger partial charge in [-0.15, -0.1) is 0 Å². The van der Waals surface area contributed by atoms with Gasteiger partial charge in [-0.2, -0.15) is 0 Å². The molecule has 0 amide bonds. The fourth-order valence-electron chi connectivity index (χ4n) is 3.00. The summed E-state index contributed by atoms with van der Waals surface area (Å²) in [4.78, 5) is 0. The van der Waals surface area contributed by atoms with Crippen molar-refractivity contribution in [1.82, 2.24) is 4.57 Å². The van der Waals surface area contributed by atoms with Crippen molar-refractivity contribution < 1.29 is 13.6 Å². The molecule has 0 fully saturated rings. The maximum Gasteiger partial charge on any atom is 0.229 e. The van der Waals surface area contributed by atoms with E-state index in [0.29, 0.717) is 5.69 Å². The van der Waals surface area contributed by atoms with Gasteiger partial charge in [0.15, 0.2) is 0 Å². The van der Waals surface area contributed by atoms with Crippen molar-refractivity contribution in [2.75, 3.05) is 11.0 Å². The number of fused-ring (bicyclic) bond motifs is 1. The lowest BCUT2D eigenvalue weighted by molar-refractivity contribution is 0.322. The molecular weight excluding hydrogens is 350 g/mol. The molecule has 2 aromatic carbocycles. The second kappa shape index (κ2) is 6.84. The first-order chi connectivity index (χ1) is 12.3. The van der Waals surface area contributed by atoms with Crippen LogP contribution in [0.25, 0.3) is 22.0 Å². The highest BCUT2D eigenvalue weighted by atomic mass is 32.2. The Morgan fingerprint density at radius 3 is 2.42 bits per heavy atom. The molecule has 0 unspecified atom stereocenters. The van der Waals surface area contributed by atoms with Crippen molar-refractivity contribution in [2.45, 2.75) is 19.9 Å². The lowest BCUT2D eigenvalue weighted by atomic mass is 10.0. The van der Waals surface area contributed by atoms with Gasteiger partial charge in [0.2, 0.25) is 10.0 Å². The van der Waals surface area contributed by atoms with Crippen LogP contribution >= 0.6 is 0 Å². The van der Waals surface area contributed by atoms with Crippen molar-refractivity contribution >= 4 is 32.8 Å². The van der Waals surface area contributed by atoms with Crippen LogP contribution in [0, 0.1) is 0 Å². The molecule has 0 aliphatic heterocycles. The van der Waals surface area contributed by atoms with Crippen LogP contribution in [-0.2, 0) is 10.0 Å². The first-order valence-electron chi connectivity index (χ1n) is 8.19. The number of hydrogen-bond donors (Lipinski definition) is 2. The number of nitrogens with one attached hydrogen (secondary N) is 1. The van der Waals surface area contributed by atoms with Gasteiger partial charge in [-0.25, -0.2) is 8.42 Å². The van der Waals surface area contributed by atoms with E-state index in [1.54, 1.807) is 6.07 Å². The number of rotatable bonds is 5. The Morgan fingerprint density at radius 2 is 1.85 bits per heavy atom. The highest BCUT2D eigenvalue weighted by molar-refractivity contribution is 7.92. The average molecular weight is 371 g/mol. The highest BCUT2D eigenvalue weighted by Gasteiger charge is 2.14. The van der Waals surface area contributed by atoms with E-state index in [9.17, 15) is 8.42 Å². The Kier molecular flexibility index (Phi) is 4.73. The number of benzene rings is 2. The number of aromatic nitrogens is 1. The van der Waals surface area contributed by atoms with Crippen LogP contribution < -0.4 is 4.72 Å². The van der Waals surface area contributed by atoms with Crippen molar-refractivity contribution in [3.63, 3.8) is 0 Å². The molecule has 0 bridgehead atoms. The molecule has 0 saturated heterocycles. The quantitative estimate of drug-likeness (QED) is 0.403. The Bertz CT molecular complexity index is 1070. The van der Waals surface area contributed by atoms with Crippen LogP contribution in [0.5, 0.6) is 0 Å². The molecule has 1 aromatic heterocycles. The number of hydrogen-bond acceptors (Lipinski definition) is 4. The van der Waals surface area contributed by atoms with Gasteiger partial charge >= 0.3 is 0 Å². The summed E-state index contributed by atoms with van der Waals surface area (Å²) in [5.41, 5.74) is 4.41. The van der Waals surface area contributed by atoms with Gasteiger partial charge in [0.25, 0.3) is 0 Å². The van der Waals surface area contributed by atoms with Crippen LogP contribution in [0.2, 0.25) is 0 Å². The predicted octanol–water partition coefficient (Wildman–Crippen LogP) is 4.07. The van der Waals surface area contributed by atoms with E-state index in [4.69, 9.17) is 5.21 Å². The molecule has 1 heterocycles. The molecule has 2 N–H and O–H groups in total. The van der Waals surface area contributed by atoms with Crippen LogP contribution in [0.3, 0.4) is 0 Å². The minimum atomic E-state index is -3.33. The minimum absolute atomic E-state index is 0.223. The molecule has 0 radical (unpaired) electrons. The van der Waals surface area contributed by atoms with E-state index in [2.05, 4.69) is 34.5 Å². The highest BCUT2D eigenvalue weighted by Crippen LogP contribution is 2.34. The first kappa shape index (κ1) is 18.0. The van der Waals surface area contributed by atoms with Gasteiger partial charge in [0, 0.05) is 23.2 Å². The first-order valence-corrected chi connectivity index (χ1v) is 10.1. The minimum Gasteiger partial charge on any atom is -0.411 e. The van der Waals surface area contributed by atoms with E-state index in [1.165, 1.54) is 6.21 Å². The summed E-state index contributed by atoms with van der Waals surface area (Å²) in [7, 11) is -3.33. The van der Waals surface area contributed by atoms with Crippen LogP contribution in [0.4, 0.5) is 5.69 Å². The largest absolute Gasteiger partial charge is 0.411 e. The standard InChI is InChI=1S/C19H21N3O3S/c1-13(2)22-12-18(15-6-4-14(5-7-15)11-20-23)17-9-8-16(10-19(17)22)21-26(3,24)25/h4-13,21,23H,1-3H3. The number of nitrogens with zero attached hydrogens (tertiary/aromatic N) is 2. The molecule has 3 aromatic rings. The second-order valence-electron chi connectivity index (χ2n) is 6.52. The lowest BCUT2D eigenvalue weighted by Crippen LogP contribution is -2.09. The smallest absolute Gasteiger partial charge is 0.229 e. The molecule has 7 heteroatoms. The molecule has 136 valence electrons. The average Bonchev–Trinajstić information content (AvgIpc) is 2.93. The SMILES string of the molecule is CC(C)n1cc(-c2ccc(C=NO)cc2)c2ccc(NS(C)(=O)=O)cc21. The molecule has 0 aliphatic rings. The lowest BCUT2D eigenvalue weighted by Gasteiger charge is -2.10. The Balaban J connectivity index is 2.14. The fraction of sp³-hybridized carbons (Fsp3) is 0.211. The summed E-state index contributed by atoms with van der Waals surface area (Å²) in [5.74, 6) is 0. The summed E-state index contributed by atoms with van der Waals surface area (Å²) in [6.07, 6.45) is 4.60. The van der Waals surface area contributed by atoms with Crippen molar-refractivity contribution in [3.05, 3.63) is 54.2 Å². The molecular formula is C19H21N3O3S. The summed E-state index contributed by atoms with van der Waals surface area (Å²) in [5, 5.41) is 12.7. The van der Waals surface area contributed by atoms with Gasteiger partial charge in [-0.3, -0.25) is 4.72 Å². The molecule has 6 nitrogen and oxygen atoms in total. The van der Waals surface area contributed by atoms with Crippen molar-refractivity contribution in [2.24, 2.45) is 5.16 Å². The fourth-order valence-corrected chi connectivity index (χ4v) is 3.56. The number of oxime groups is 1. The third kappa shape index (κ3) is 3.72. The third-order valence-electron chi connectivity index (χ3n) is 4.12. The molecule has 0 atom stereocenters. The predicted molar refractivity (Wildman–Crippen MR) is 106 cm³/mol. The van der Waals surface area contributed by atoms with E-state index < -0.39 is 10.0 Å². The normalized spacial score (nSPS) is 12.3. The Morgan fingerprint density at radius 1 is 1.15 bits per heavy atom. The third-order valence-corrected chi connectivity index (χ3v) is 4.73. The Hall–Kier alpha value is -2.80. The Labute approximate surface area is 152 Å². The summed E-state index contributed by atoms with van der Waals surface area (Å²) in [6.45, 7) is 4.17. The monoisotopic (exact) mass is 371 g/mol. The maximum atomic E-state index is 11.5. The van der Waals surface area contributed by atoms with Crippen LogP contribution in [0.15, 0.2) is 53.8 Å². The maximum absolute atomic E-state index is 11.5. The molecule has 0 saturated carbocycles. The van der Waals surface area contributed by atoms with E-state index in [-0.39, 0.29) is 6.04 Å². The van der Waals surface area contributed by atoms with Crippen molar-refractivity contribution in [1.29, 1.82) is 0 Å². The number of anilines is 1. The number of sulfonamides is 1. The van der Waals surface area contributed by atoms with Gasteiger partial charge in [0.1, 0.15) is 0 Å². The van der Waals surface area contributed by atoms with Gasteiger partial charge in [-0.1, -0.05) is 35.5 Å². The van der Waals surface area contributed by atoms with Gasteiger partial charge in [0.05, 0.1) is 23.7 Å². The molecule has 0 aliphatic carbocycles. The van der Waals surface area contributed by atoms with Crippen molar-refractivity contribution in [3.8, 4) is 11.1 Å². The molecule has 3 rings (SSSR count). The topological polar surface area (TPSA) is 83.7 Å². The van der Waals surface area contributed by atoms with Crippen LogP contribution in [-0.4, -0.2) is 30.7 Å². The second-order valence-corrected chi connectivity index (χ2v) is 8.26. The van der Waals surface area contributed by atoms with Gasteiger partial charge < -0.3 is 9.77 Å². The summed E-state index contributed by atoms with van der Waals surface area (Å²) < 4.78 is 27.7. The summed E-state index contributed by atoms with van der Waals surface area (Å²) >= 11 is 0. The summed E-state index contributed by atoms with van der Waals surface area (Å²) in [6, 6.07) is 13.5.